The van der Waals surface area contributed by atoms with Crippen molar-refractivity contribution in [1.82, 2.24) is 9.97 Å². The van der Waals surface area contributed by atoms with Crippen molar-refractivity contribution < 1.29 is 14.3 Å². The predicted octanol–water partition coefficient (Wildman–Crippen LogP) is 2.44. The van der Waals surface area contributed by atoms with Crippen molar-refractivity contribution in [3.63, 3.8) is 0 Å². The molecule has 0 atom stereocenters. The molecule has 2 aromatic rings. The Morgan fingerprint density at radius 3 is 2.76 bits per heavy atom. The van der Waals surface area contributed by atoms with E-state index in [1.807, 2.05) is 6.07 Å². The van der Waals surface area contributed by atoms with Crippen LogP contribution in [0.4, 0.5) is 5.69 Å². The van der Waals surface area contributed by atoms with Gasteiger partial charge >= 0.3 is 0 Å². The summed E-state index contributed by atoms with van der Waals surface area (Å²) in [5, 5.41) is 2.76. The van der Waals surface area contributed by atoms with Crippen molar-refractivity contribution in [2.24, 2.45) is 0 Å². The number of hydrogen-bond acceptors (Lipinski definition) is 5. The quantitative estimate of drug-likeness (QED) is 0.895. The number of nitrogens with zero attached hydrogens (tertiary/aromatic N) is 2. The lowest BCUT2D eigenvalue weighted by molar-refractivity contribution is -0.115. The van der Waals surface area contributed by atoms with Gasteiger partial charge in [0, 0.05) is 22.9 Å². The molecular formula is C14H14BrN3O3. The molecule has 0 unspecified atom stereocenters. The fourth-order valence-electron chi connectivity index (χ4n) is 1.72. The number of aromatic nitrogens is 2. The molecule has 1 N–H and O–H groups in total. The molecule has 0 aliphatic heterocycles. The van der Waals surface area contributed by atoms with Gasteiger partial charge in [-0.05, 0) is 33.6 Å². The lowest BCUT2D eigenvalue weighted by Gasteiger charge is -2.10. The van der Waals surface area contributed by atoms with Crippen LogP contribution < -0.4 is 14.8 Å². The zero-order valence-electron chi connectivity index (χ0n) is 11.6. The third-order valence-corrected chi connectivity index (χ3v) is 3.07. The topological polar surface area (TPSA) is 73.3 Å². The van der Waals surface area contributed by atoms with Crippen molar-refractivity contribution in [1.29, 1.82) is 0 Å². The van der Waals surface area contributed by atoms with Crippen LogP contribution in [0.25, 0.3) is 0 Å². The number of carbonyl (C=O) groups excluding carboxylic acids is 1. The van der Waals surface area contributed by atoms with E-state index in [2.05, 4.69) is 31.2 Å². The Morgan fingerprint density at radius 2 is 2.10 bits per heavy atom. The molecule has 110 valence electrons. The molecule has 0 aliphatic rings. The minimum absolute atomic E-state index is 0.180. The van der Waals surface area contributed by atoms with Crippen LogP contribution >= 0.6 is 15.9 Å². The molecule has 2 heterocycles. The lowest BCUT2D eigenvalue weighted by atomic mass is 10.2. The molecule has 0 fully saturated rings. The summed E-state index contributed by atoms with van der Waals surface area (Å²) in [7, 11) is 3.00. The van der Waals surface area contributed by atoms with Crippen molar-refractivity contribution in [3.8, 4) is 11.8 Å². The monoisotopic (exact) mass is 351 g/mol. The maximum atomic E-state index is 12.0. The van der Waals surface area contributed by atoms with Gasteiger partial charge in [0.15, 0.2) is 0 Å². The second kappa shape index (κ2) is 7.03. The van der Waals surface area contributed by atoms with Crippen LogP contribution in [0, 0.1) is 0 Å². The largest absolute Gasteiger partial charge is 0.481 e. The van der Waals surface area contributed by atoms with Crippen LogP contribution in [0.15, 0.2) is 35.1 Å². The van der Waals surface area contributed by atoms with Crippen LogP contribution in [0.3, 0.4) is 0 Å². The van der Waals surface area contributed by atoms with Gasteiger partial charge in [-0.2, -0.15) is 4.98 Å². The summed E-state index contributed by atoms with van der Waals surface area (Å²) in [5.74, 6) is 0.538. The predicted molar refractivity (Wildman–Crippen MR) is 81.6 cm³/mol. The number of methoxy groups -OCH3 is 2. The SMILES string of the molecule is COc1ccc(NC(=O)Cc2cncc(Br)c2)c(OC)n1. The summed E-state index contributed by atoms with van der Waals surface area (Å²) in [5.41, 5.74) is 1.30. The zero-order valence-corrected chi connectivity index (χ0v) is 13.2. The number of amides is 1. The van der Waals surface area contributed by atoms with E-state index in [-0.39, 0.29) is 12.3 Å². The number of pyridine rings is 2. The first-order valence-electron chi connectivity index (χ1n) is 6.10. The Balaban J connectivity index is 2.09. The third-order valence-electron chi connectivity index (χ3n) is 2.64. The summed E-state index contributed by atoms with van der Waals surface area (Å²) in [6, 6.07) is 5.18. The molecule has 0 saturated heterocycles. The average molecular weight is 352 g/mol. The highest BCUT2D eigenvalue weighted by molar-refractivity contribution is 9.10. The Hall–Kier alpha value is -2.15. The molecule has 0 spiro atoms. The standard InChI is InChI=1S/C14H14BrN3O3/c1-20-13-4-3-11(14(18-13)21-2)17-12(19)6-9-5-10(15)8-16-7-9/h3-5,7-8H,6H2,1-2H3,(H,17,19). The molecule has 2 aromatic heterocycles. The maximum Gasteiger partial charge on any atom is 0.240 e. The highest BCUT2D eigenvalue weighted by Crippen LogP contribution is 2.24. The number of carbonyl (C=O) groups is 1. The van der Waals surface area contributed by atoms with Crippen molar-refractivity contribution in [2.75, 3.05) is 19.5 Å². The van der Waals surface area contributed by atoms with Gasteiger partial charge in [-0.15, -0.1) is 0 Å². The first-order chi connectivity index (χ1) is 10.1. The molecule has 7 heteroatoms. The van der Waals surface area contributed by atoms with Crippen LogP contribution in [-0.4, -0.2) is 30.1 Å². The number of nitrogens with one attached hydrogen (secondary N) is 1. The molecule has 6 nitrogen and oxygen atoms in total. The average Bonchev–Trinajstić information content (AvgIpc) is 2.47. The number of halogens is 1. The zero-order chi connectivity index (χ0) is 15.2. The first kappa shape index (κ1) is 15.2. The minimum Gasteiger partial charge on any atom is -0.481 e. The van der Waals surface area contributed by atoms with Gasteiger partial charge in [0.1, 0.15) is 5.69 Å². The summed E-state index contributed by atoms with van der Waals surface area (Å²) in [4.78, 5) is 20.2. The van der Waals surface area contributed by atoms with Crippen molar-refractivity contribution >= 4 is 27.5 Å². The fourth-order valence-corrected chi connectivity index (χ4v) is 2.13. The fraction of sp³-hybridized carbons (Fsp3) is 0.214. The second-order valence-corrected chi connectivity index (χ2v) is 5.06. The van der Waals surface area contributed by atoms with Gasteiger partial charge in [-0.3, -0.25) is 9.78 Å². The number of hydrogen-bond donors (Lipinski definition) is 1. The summed E-state index contributed by atoms with van der Waals surface area (Å²) >= 11 is 3.32. The third kappa shape index (κ3) is 4.16. The molecule has 0 aliphatic carbocycles. The van der Waals surface area contributed by atoms with Crippen LogP contribution in [0.1, 0.15) is 5.56 Å². The molecule has 0 radical (unpaired) electrons. The van der Waals surface area contributed by atoms with E-state index < -0.39 is 0 Å². The highest BCUT2D eigenvalue weighted by Gasteiger charge is 2.11. The molecular weight excluding hydrogens is 338 g/mol. The lowest BCUT2D eigenvalue weighted by Crippen LogP contribution is -2.15. The maximum absolute atomic E-state index is 12.0. The summed E-state index contributed by atoms with van der Waals surface area (Å²) in [6.45, 7) is 0. The van der Waals surface area contributed by atoms with Gasteiger partial charge in [0.25, 0.3) is 0 Å². The number of rotatable bonds is 5. The Morgan fingerprint density at radius 1 is 1.29 bits per heavy atom. The summed E-state index contributed by atoms with van der Waals surface area (Å²) in [6.07, 6.45) is 3.52. The van der Waals surface area contributed by atoms with Crippen molar-refractivity contribution in [3.05, 3.63) is 40.6 Å². The molecule has 0 saturated carbocycles. The normalized spacial score (nSPS) is 10.0. The molecule has 1 amide bonds. The molecule has 0 bridgehead atoms. The van der Waals surface area contributed by atoms with Gasteiger partial charge in [0.2, 0.25) is 17.7 Å². The smallest absolute Gasteiger partial charge is 0.240 e. The summed E-state index contributed by atoms with van der Waals surface area (Å²) < 4.78 is 11.0. The number of anilines is 1. The highest BCUT2D eigenvalue weighted by atomic mass is 79.9. The van der Waals surface area contributed by atoms with Crippen LogP contribution in [-0.2, 0) is 11.2 Å². The van der Waals surface area contributed by atoms with Crippen LogP contribution in [0.5, 0.6) is 11.8 Å². The van der Waals surface area contributed by atoms with E-state index in [9.17, 15) is 4.79 Å². The van der Waals surface area contributed by atoms with Gasteiger partial charge in [0.05, 0.1) is 20.6 Å². The van der Waals surface area contributed by atoms with Gasteiger partial charge in [-0.1, -0.05) is 0 Å². The Kier molecular flexibility index (Phi) is 5.10. The van der Waals surface area contributed by atoms with E-state index >= 15 is 0 Å². The Labute approximate surface area is 130 Å². The van der Waals surface area contributed by atoms with Gasteiger partial charge < -0.3 is 14.8 Å². The second-order valence-electron chi connectivity index (χ2n) is 4.15. The van der Waals surface area contributed by atoms with E-state index in [4.69, 9.17) is 9.47 Å². The minimum atomic E-state index is -0.180. The van der Waals surface area contributed by atoms with E-state index in [0.717, 1.165) is 10.0 Å². The molecule has 2 rings (SSSR count). The van der Waals surface area contributed by atoms with Crippen LogP contribution in [0.2, 0.25) is 0 Å². The first-order valence-corrected chi connectivity index (χ1v) is 6.90. The number of ether oxygens (including phenoxy) is 2. The molecule has 0 aromatic carbocycles. The van der Waals surface area contributed by atoms with Gasteiger partial charge in [-0.25, -0.2) is 0 Å². The Bertz CT molecular complexity index is 649. The van der Waals surface area contributed by atoms with E-state index in [0.29, 0.717) is 17.4 Å². The van der Waals surface area contributed by atoms with E-state index in [1.165, 1.54) is 14.2 Å². The van der Waals surface area contributed by atoms with Crippen molar-refractivity contribution in [2.45, 2.75) is 6.42 Å². The van der Waals surface area contributed by atoms with E-state index in [1.54, 1.807) is 24.5 Å². The molecule has 21 heavy (non-hydrogen) atoms.